The summed E-state index contributed by atoms with van der Waals surface area (Å²) < 4.78 is 29.3. The van der Waals surface area contributed by atoms with Crippen molar-refractivity contribution >= 4 is 23.5 Å². The lowest BCUT2D eigenvalue weighted by Gasteiger charge is -2.16. The first-order valence-electron chi connectivity index (χ1n) is 9.63. The number of aromatic nitrogens is 2. The van der Waals surface area contributed by atoms with Crippen molar-refractivity contribution in [3.05, 3.63) is 59.7 Å². The minimum atomic E-state index is -0.582. The monoisotopic (exact) mass is 424 g/mol. The molecule has 0 aliphatic carbocycles. The maximum Gasteiger partial charge on any atom is 0.322 e. The molecule has 2 aliphatic heterocycles. The normalized spacial score (nSPS) is 17.3. The summed E-state index contributed by atoms with van der Waals surface area (Å²) in [5, 5.41) is 10.4. The van der Waals surface area contributed by atoms with Crippen molar-refractivity contribution < 1.29 is 27.9 Å². The first-order chi connectivity index (χ1) is 15.0. The van der Waals surface area contributed by atoms with E-state index in [-0.39, 0.29) is 31.7 Å². The predicted octanol–water partition coefficient (Wildman–Crippen LogP) is 2.52. The van der Waals surface area contributed by atoms with Crippen molar-refractivity contribution in [1.82, 2.24) is 10.2 Å². The van der Waals surface area contributed by atoms with Gasteiger partial charge in [0, 0.05) is 18.7 Å². The number of benzene rings is 2. The van der Waals surface area contributed by atoms with Crippen molar-refractivity contribution in [1.29, 1.82) is 0 Å². The molecular formula is C21H17FN4O5. The van der Waals surface area contributed by atoms with Crippen LogP contribution < -0.4 is 19.7 Å². The highest BCUT2D eigenvalue weighted by Crippen LogP contribution is 2.33. The van der Waals surface area contributed by atoms with Crippen molar-refractivity contribution in [3.63, 3.8) is 0 Å². The zero-order chi connectivity index (χ0) is 21.4. The summed E-state index contributed by atoms with van der Waals surface area (Å²) in [6, 6.07) is 11.0. The number of fused-ring (bicyclic) bond motifs is 1. The Hall–Kier alpha value is -3.95. The molecular weight excluding hydrogens is 407 g/mol. The lowest BCUT2D eigenvalue weighted by Crippen LogP contribution is -2.28. The van der Waals surface area contributed by atoms with Gasteiger partial charge in [-0.2, -0.15) is 0 Å². The molecule has 10 heteroatoms. The highest BCUT2D eigenvalue weighted by Gasteiger charge is 2.35. The van der Waals surface area contributed by atoms with Crippen molar-refractivity contribution in [2.24, 2.45) is 5.92 Å². The van der Waals surface area contributed by atoms with Crippen LogP contribution in [0.3, 0.4) is 0 Å². The largest absolute Gasteiger partial charge is 0.454 e. The molecule has 1 aromatic heterocycles. The zero-order valence-electron chi connectivity index (χ0n) is 16.2. The number of ether oxygens (including phenoxy) is 2. The van der Waals surface area contributed by atoms with Crippen LogP contribution in [0.2, 0.25) is 0 Å². The molecule has 5 rings (SSSR count). The number of amides is 2. The molecule has 1 fully saturated rings. The summed E-state index contributed by atoms with van der Waals surface area (Å²) in [6.07, 6.45) is 0.404. The maximum atomic E-state index is 13.1. The Kier molecular flexibility index (Phi) is 4.73. The summed E-state index contributed by atoms with van der Waals surface area (Å²) in [5.41, 5.74) is 1.44. The topological polar surface area (TPSA) is 107 Å². The quantitative estimate of drug-likeness (QED) is 0.671. The Morgan fingerprint density at radius 3 is 2.77 bits per heavy atom. The van der Waals surface area contributed by atoms with E-state index in [1.54, 1.807) is 6.07 Å². The third-order valence-corrected chi connectivity index (χ3v) is 5.12. The van der Waals surface area contributed by atoms with E-state index in [1.807, 2.05) is 12.1 Å². The van der Waals surface area contributed by atoms with E-state index in [2.05, 4.69) is 15.5 Å². The summed E-state index contributed by atoms with van der Waals surface area (Å²) in [6.45, 7) is 0.381. The Balaban J connectivity index is 1.21. The third kappa shape index (κ3) is 3.91. The minimum Gasteiger partial charge on any atom is -0.454 e. The summed E-state index contributed by atoms with van der Waals surface area (Å²) in [4.78, 5) is 26.3. The summed E-state index contributed by atoms with van der Waals surface area (Å²) >= 11 is 0. The molecule has 0 radical (unpaired) electrons. The molecule has 0 spiro atoms. The fourth-order valence-corrected chi connectivity index (χ4v) is 3.56. The van der Waals surface area contributed by atoms with Crippen LogP contribution >= 0.6 is 0 Å². The average Bonchev–Trinajstić information content (AvgIpc) is 3.49. The van der Waals surface area contributed by atoms with E-state index in [0.29, 0.717) is 29.5 Å². The van der Waals surface area contributed by atoms with Gasteiger partial charge >= 0.3 is 6.01 Å². The van der Waals surface area contributed by atoms with Gasteiger partial charge in [0.25, 0.3) is 0 Å². The Bertz CT molecular complexity index is 1150. The van der Waals surface area contributed by atoms with Gasteiger partial charge in [0.2, 0.25) is 24.5 Å². The van der Waals surface area contributed by atoms with Crippen LogP contribution in [0.5, 0.6) is 11.5 Å². The molecule has 2 aromatic carbocycles. The van der Waals surface area contributed by atoms with Gasteiger partial charge in [0.1, 0.15) is 5.82 Å². The fourth-order valence-electron chi connectivity index (χ4n) is 3.56. The van der Waals surface area contributed by atoms with Crippen LogP contribution in [0.1, 0.15) is 17.9 Å². The number of hydrogen-bond acceptors (Lipinski definition) is 7. The van der Waals surface area contributed by atoms with Crippen LogP contribution in [-0.2, 0) is 16.0 Å². The molecule has 9 nitrogen and oxygen atoms in total. The number of carbonyl (C=O) groups is 2. The zero-order valence-corrected chi connectivity index (χ0v) is 16.2. The average molecular weight is 424 g/mol. The Labute approximate surface area is 175 Å². The van der Waals surface area contributed by atoms with Crippen LogP contribution in [0.4, 0.5) is 16.1 Å². The van der Waals surface area contributed by atoms with Gasteiger partial charge in [0.05, 0.1) is 12.3 Å². The van der Waals surface area contributed by atoms with E-state index in [1.165, 1.54) is 29.2 Å². The lowest BCUT2D eigenvalue weighted by molar-refractivity contribution is -0.122. The third-order valence-electron chi connectivity index (χ3n) is 5.12. The molecule has 1 saturated heterocycles. The Morgan fingerprint density at radius 1 is 1.13 bits per heavy atom. The second kappa shape index (κ2) is 7.71. The van der Waals surface area contributed by atoms with Gasteiger partial charge in [-0.05, 0) is 42.0 Å². The number of hydrogen-bond donors (Lipinski definition) is 1. The summed E-state index contributed by atoms with van der Waals surface area (Å²) in [7, 11) is 0. The highest BCUT2D eigenvalue weighted by atomic mass is 19.1. The molecule has 3 aromatic rings. The van der Waals surface area contributed by atoms with Crippen LogP contribution in [-0.4, -0.2) is 35.3 Å². The van der Waals surface area contributed by atoms with Crippen LogP contribution in [0.15, 0.2) is 46.9 Å². The van der Waals surface area contributed by atoms with Crippen LogP contribution in [0, 0.1) is 11.7 Å². The van der Waals surface area contributed by atoms with Gasteiger partial charge in [-0.3, -0.25) is 14.9 Å². The molecule has 1 unspecified atom stereocenters. The number of anilines is 2. The van der Waals surface area contributed by atoms with E-state index >= 15 is 0 Å². The van der Waals surface area contributed by atoms with E-state index < -0.39 is 17.6 Å². The molecule has 0 bridgehead atoms. The molecule has 1 N–H and O–H groups in total. The second-order valence-electron chi connectivity index (χ2n) is 7.24. The van der Waals surface area contributed by atoms with Gasteiger partial charge in [0.15, 0.2) is 11.5 Å². The predicted molar refractivity (Wildman–Crippen MR) is 105 cm³/mol. The number of rotatable bonds is 5. The summed E-state index contributed by atoms with van der Waals surface area (Å²) in [5.74, 6) is 0.0891. The number of carbonyl (C=O) groups excluding carboxylic acids is 2. The van der Waals surface area contributed by atoms with Gasteiger partial charge < -0.3 is 18.8 Å². The first-order valence-corrected chi connectivity index (χ1v) is 9.63. The van der Waals surface area contributed by atoms with Gasteiger partial charge in [-0.25, -0.2) is 4.39 Å². The molecule has 0 saturated carbocycles. The van der Waals surface area contributed by atoms with E-state index in [9.17, 15) is 14.0 Å². The molecule has 2 aliphatic rings. The second-order valence-corrected chi connectivity index (χ2v) is 7.24. The lowest BCUT2D eigenvalue weighted by atomic mass is 10.1. The van der Waals surface area contributed by atoms with Crippen molar-refractivity contribution in [2.45, 2.75) is 12.8 Å². The smallest absolute Gasteiger partial charge is 0.322 e. The van der Waals surface area contributed by atoms with Crippen LogP contribution in [0.25, 0.3) is 0 Å². The molecule has 3 heterocycles. The Morgan fingerprint density at radius 2 is 1.94 bits per heavy atom. The maximum absolute atomic E-state index is 13.1. The van der Waals surface area contributed by atoms with Gasteiger partial charge in [-0.15, -0.1) is 5.10 Å². The minimum absolute atomic E-state index is 0.0339. The van der Waals surface area contributed by atoms with Crippen molar-refractivity contribution in [3.8, 4) is 11.5 Å². The fraction of sp³-hybridized carbons (Fsp3) is 0.238. The SMILES string of the molecule is O=C(Nc1nnc(Cc2ccc3c(c2)OCO3)o1)C1CC(=O)N(c2ccc(F)cc2)C1. The number of nitrogens with one attached hydrogen (secondary N) is 1. The van der Waals surface area contributed by atoms with E-state index in [4.69, 9.17) is 13.9 Å². The number of halogens is 1. The number of nitrogens with zero attached hydrogens (tertiary/aromatic N) is 3. The van der Waals surface area contributed by atoms with E-state index in [0.717, 1.165) is 5.56 Å². The van der Waals surface area contributed by atoms with Crippen molar-refractivity contribution in [2.75, 3.05) is 23.6 Å². The van der Waals surface area contributed by atoms with Gasteiger partial charge in [-0.1, -0.05) is 11.2 Å². The first kappa shape index (κ1) is 19.0. The standard InChI is InChI=1S/C21H17FN4O5/c22-14-2-4-15(5-3-14)26-10-13(9-19(26)27)20(28)23-21-25-24-18(31-21)8-12-1-6-16-17(7-12)30-11-29-16/h1-7,13H,8-11H2,(H,23,25,28). The molecule has 31 heavy (non-hydrogen) atoms. The molecule has 1 atom stereocenters. The molecule has 158 valence electrons. The molecule has 2 amide bonds. The highest BCUT2D eigenvalue weighted by molar-refractivity contribution is 6.02.